The third-order valence-corrected chi connectivity index (χ3v) is 3.78. The highest BCUT2D eigenvalue weighted by Crippen LogP contribution is 2.25. The quantitative estimate of drug-likeness (QED) is 0.683. The van der Waals surface area contributed by atoms with Crippen molar-refractivity contribution in [2.45, 2.75) is 18.1 Å². The van der Waals surface area contributed by atoms with Gasteiger partial charge in [0.25, 0.3) is 0 Å². The molecule has 0 radical (unpaired) electrons. The van der Waals surface area contributed by atoms with E-state index in [1.54, 1.807) is 0 Å². The predicted octanol–water partition coefficient (Wildman–Crippen LogP) is 4.17. The van der Waals surface area contributed by atoms with Crippen molar-refractivity contribution in [3.8, 4) is 0 Å². The number of nitrogens with one attached hydrogen (secondary N) is 1. The van der Waals surface area contributed by atoms with E-state index in [1.807, 2.05) is 30.3 Å². The maximum Gasteiger partial charge on any atom is 0.120 e. The van der Waals surface area contributed by atoms with Crippen LogP contribution in [0.1, 0.15) is 23.1 Å². The zero-order chi connectivity index (χ0) is 13.1. The molecule has 3 heteroatoms. The number of fused-ring (bicyclic) bond motifs is 1. The van der Waals surface area contributed by atoms with Crippen molar-refractivity contribution in [1.82, 2.24) is 9.97 Å². The first-order valence-electron chi connectivity index (χ1n) is 6.49. The molecule has 0 fully saturated rings. The van der Waals surface area contributed by atoms with Crippen molar-refractivity contribution in [2.24, 2.45) is 0 Å². The zero-order valence-electron chi connectivity index (χ0n) is 10.6. The number of thiol groups is 1. The summed E-state index contributed by atoms with van der Waals surface area (Å²) < 4.78 is 0. The Labute approximate surface area is 118 Å². The molecule has 2 aromatic carbocycles. The normalized spacial score (nSPS) is 12.7. The van der Waals surface area contributed by atoms with Crippen LogP contribution in [0.25, 0.3) is 11.0 Å². The van der Waals surface area contributed by atoms with Crippen LogP contribution in [-0.2, 0) is 6.42 Å². The van der Waals surface area contributed by atoms with Crippen molar-refractivity contribution < 1.29 is 0 Å². The van der Waals surface area contributed by atoms with Gasteiger partial charge in [-0.25, -0.2) is 4.98 Å². The van der Waals surface area contributed by atoms with Crippen LogP contribution in [0.4, 0.5) is 0 Å². The lowest BCUT2D eigenvalue weighted by atomic mass is 10.1. The lowest BCUT2D eigenvalue weighted by Gasteiger charge is -2.07. The van der Waals surface area contributed by atoms with Gasteiger partial charge in [-0.1, -0.05) is 42.5 Å². The minimum atomic E-state index is 0.146. The van der Waals surface area contributed by atoms with Crippen molar-refractivity contribution in [1.29, 1.82) is 0 Å². The van der Waals surface area contributed by atoms with Gasteiger partial charge >= 0.3 is 0 Å². The highest BCUT2D eigenvalue weighted by molar-refractivity contribution is 7.80. The van der Waals surface area contributed by atoms with Gasteiger partial charge in [0, 0.05) is 0 Å². The molecule has 0 aliphatic rings. The van der Waals surface area contributed by atoms with Gasteiger partial charge in [-0.15, -0.1) is 0 Å². The number of rotatable bonds is 4. The number of aromatic amines is 1. The smallest absolute Gasteiger partial charge is 0.120 e. The van der Waals surface area contributed by atoms with Gasteiger partial charge < -0.3 is 4.98 Å². The Morgan fingerprint density at radius 3 is 2.53 bits per heavy atom. The Bertz CT molecular complexity index is 628. The summed E-state index contributed by atoms with van der Waals surface area (Å²) in [5, 5.41) is 0.146. The summed E-state index contributed by atoms with van der Waals surface area (Å²) in [7, 11) is 0. The van der Waals surface area contributed by atoms with Gasteiger partial charge in [0.05, 0.1) is 16.3 Å². The summed E-state index contributed by atoms with van der Waals surface area (Å²) in [5.41, 5.74) is 3.44. The fourth-order valence-corrected chi connectivity index (χ4v) is 2.47. The number of hydrogen-bond donors (Lipinski definition) is 2. The topological polar surface area (TPSA) is 28.7 Å². The van der Waals surface area contributed by atoms with E-state index in [4.69, 9.17) is 0 Å². The summed E-state index contributed by atoms with van der Waals surface area (Å²) in [6.45, 7) is 0. The Balaban J connectivity index is 1.71. The van der Waals surface area contributed by atoms with Crippen molar-refractivity contribution in [2.75, 3.05) is 0 Å². The molecule has 19 heavy (non-hydrogen) atoms. The first-order valence-corrected chi connectivity index (χ1v) is 7.01. The minimum absolute atomic E-state index is 0.146. The lowest BCUT2D eigenvalue weighted by molar-refractivity contribution is 0.772. The number of aryl methyl sites for hydroxylation is 1. The summed E-state index contributed by atoms with van der Waals surface area (Å²) in [4.78, 5) is 7.94. The summed E-state index contributed by atoms with van der Waals surface area (Å²) >= 11 is 4.67. The molecule has 3 rings (SSSR count). The van der Waals surface area contributed by atoms with Crippen LogP contribution in [0.3, 0.4) is 0 Å². The average Bonchev–Trinajstić information content (AvgIpc) is 2.90. The van der Waals surface area contributed by atoms with E-state index < -0.39 is 0 Å². The fraction of sp³-hybridized carbons (Fsp3) is 0.188. The van der Waals surface area contributed by atoms with Crippen LogP contribution in [0.2, 0.25) is 0 Å². The molecule has 96 valence electrons. The number of benzene rings is 2. The molecule has 1 atom stereocenters. The molecule has 0 amide bonds. The monoisotopic (exact) mass is 268 g/mol. The molecule has 1 N–H and O–H groups in total. The molecule has 1 unspecified atom stereocenters. The highest BCUT2D eigenvalue weighted by Gasteiger charge is 2.11. The minimum Gasteiger partial charge on any atom is -0.341 e. The number of para-hydroxylation sites is 2. The maximum atomic E-state index is 4.67. The van der Waals surface area contributed by atoms with E-state index in [9.17, 15) is 0 Å². The number of H-pyrrole nitrogens is 1. The van der Waals surface area contributed by atoms with Gasteiger partial charge in [-0.05, 0) is 30.5 Å². The second-order valence-corrected chi connectivity index (χ2v) is 5.30. The first kappa shape index (κ1) is 12.3. The molecule has 2 nitrogen and oxygen atoms in total. The van der Waals surface area contributed by atoms with Crippen LogP contribution >= 0.6 is 12.6 Å². The van der Waals surface area contributed by atoms with Crippen molar-refractivity contribution >= 4 is 23.7 Å². The van der Waals surface area contributed by atoms with Crippen LogP contribution in [0, 0.1) is 0 Å². The van der Waals surface area contributed by atoms with Gasteiger partial charge in [0.2, 0.25) is 0 Å². The SMILES string of the molecule is SC(CCc1ccccc1)c1nc2ccccc2[nH]1. The molecule has 1 aromatic heterocycles. The molecule has 0 spiro atoms. The summed E-state index contributed by atoms with van der Waals surface area (Å²) in [5.74, 6) is 0.959. The number of hydrogen-bond acceptors (Lipinski definition) is 2. The average molecular weight is 268 g/mol. The van der Waals surface area contributed by atoms with Crippen molar-refractivity contribution in [3.63, 3.8) is 0 Å². The second kappa shape index (κ2) is 5.49. The molecule has 1 heterocycles. The number of aromatic nitrogens is 2. The Hall–Kier alpha value is -1.74. The summed E-state index contributed by atoms with van der Waals surface area (Å²) in [6.07, 6.45) is 2.00. The van der Waals surface area contributed by atoms with E-state index in [-0.39, 0.29) is 5.25 Å². The molecule has 0 aliphatic heterocycles. The third-order valence-electron chi connectivity index (χ3n) is 3.27. The number of imidazole rings is 1. The zero-order valence-corrected chi connectivity index (χ0v) is 11.5. The van der Waals surface area contributed by atoms with E-state index in [0.29, 0.717) is 0 Å². The summed E-state index contributed by atoms with van der Waals surface area (Å²) in [6, 6.07) is 18.6. The Kier molecular flexibility index (Phi) is 3.56. The van der Waals surface area contributed by atoms with Gasteiger partial charge in [-0.3, -0.25) is 0 Å². The molecule has 0 saturated carbocycles. The van der Waals surface area contributed by atoms with Gasteiger partial charge in [0.1, 0.15) is 5.82 Å². The van der Waals surface area contributed by atoms with E-state index >= 15 is 0 Å². The Morgan fingerprint density at radius 2 is 1.74 bits per heavy atom. The number of nitrogens with zero attached hydrogens (tertiary/aromatic N) is 1. The molecule has 3 aromatic rings. The van der Waals surface area contributed by atoms with Crippen LogP contribution in [-0.4, -0.2) is 9.97 Å². The Morgan fingerprint density at radius 1 is 1.00 bits per heavy atom. The first-order chi connectivity index (χ1) is 9.33. The van der Waals surface area contributed by atoms with Crippen LogP contribution < -0.4 is 0 Å². The largest absolute Gasteiger partial charge is 0.341 e. The highest BCUT2D eigenvalue weighted by atomic mass is 32.1. The van der Waals surface area contributed by atoms with Crippen LogP contribution in [0.15, 0.2) is 54.6 Å². The van der Waals surface area contributed by atoms with E-state index in [2.05, 4.69) is 46.9 Å². The molecule has 0 aliphatic carbocycles. The molecular weight excluding hydrogens is 252 g/mol. The standard InChI is InChI=1S/C16H16N2S/c19-15(11-10-12-6-2-1-3-7-12)16-17-13-8-4-5-9-14(13)18-16/h1-9,15,19H,10-11H2,(H,17,18). The molecule has 0 saturated heterocycles. The predicted molar refractivity (Wildman–Crippen MR) is 82.6 cm³/mol. The molecule has 0 bridgehead atoms. The van der Waals surface area contributed by atoms with E-state index in [1.165, 1.54) is 5.56 Å². The molecular formula is C16H16N2S. The van der Waals surface area contributed by atoms with Gasteiger partial charge in [0.15, 0.2) is 0 Å². The van der Waals surface area contributed by atoms with Crippen LogP contribution in [0.5, 0.6) is 0 Å². The lowest BCUT2D eigenvalue weighted by Crippen LogP contribution is -1.96. The third kappa shape index (κ3) is 2.82. The second-order valence-electron chi connectivity index (χ2n) is 4.68. The fourth-order valence-electron chi connectivity index (χ4n) is 2.22. The van der Waals surface area contributed by atoms with Crippen molar-refractivity contribution in [3.05, 3.63) is 66.0 Å². The van der Waals surface area contributed by atoms with E-state index in [0.717, 1.165) is 29.7 Å². The van der Waals surface area contributed by atoms with Gasteiger partial charge in [-0.2, -0.15) is 12.6 Å². The maximum absolute atomic E-state index is 4.67.